The number of nitrogens with one attached hydrogen (secondary N) is 1. The molecule has 0 saturated heterocycles. The largest absolute Gasteiger partial charge is 0.444 e. The number of hydrogen-bond donors (Lipinski definition) is 1. The summed E-state index contributed by atoms with van der Waals surface area (Å²) >= 11 is 6.24. The average molecular weight is 469 g/mol. The minimum absolute atomic E-state index is 0.00192. The van der Waals surface area contributed by atoms with Crippen LogP contribution in [-0.4, -0.2) is 21.2 Å². The highest BCUT2D eigenvalue weighted by Gasteiger charge is 2.38. The van der Waals surface area contributed by atoms with Crippen molar-refractivity contribution in [1.29, 1.82) is 5.26 Å². The first-order valence-electron chi connectivity index (χ1n) is 10.5. The molecule has 1 aliphatic rings. The van der Waals surface area contributed by atoms with Gasteiger partial charge >= 0.3 is 6.09 Å². The van der Waals surface area contributed by atoms with E-state index in [0.29, 0.717) is 11.3 Å². The molecule has 0 radical (unpaired) electrons. The summed E-state index contributed by atoms with van der Waals surface area (Å²) in [5.41, 5.74) is -0.409. The standard InChI is InChI=1S/C24H22ClFN4O3/c1-24(2,3)33-23(32)29-19(14-7-8-14)21-28-20-17(10-15(26)11-18(20)25)22(31)30(21)16-6-4-5-13(9-16)12-27/h4-6,9-11,14,19H,7-8H2,1-3H3,(H,29,32)/t19-/m0/s1. The van der Waals surface area contributed by atoms with Crippen LogP contribution >= 0.6 is 11.6 Å². The number of alkyl carbamates (subject to hydrolysis) is 1. The zero-order chi connectivity index (χ0) is 23.9. The highest BCUT2D eigenvalue weighted by molar-refractivity contribution is 6.35. The summed E-state index contributed by atoms with van der Waals surface area (Å²) in [5.74, 6) is -0.391. The summed E-state index contributed by atoms with van der Waals surface area (Å²) in [6.07, 6.45) is 1.00. The summed E-state index contributed by atoms with van der Waals surface area (Å²) < 4.78 is 20.8. The lowest BCUT2D eigenvalue weighted by atomic mass is 10.1. The second-order valence-corrected chi connectivity index (χ2v) is 9.43. The van der Waals surface area contributed by atoms with Crippen LogP contribution in [0.2, 0.25) is 5.02 Å². The van der Waals surface area contributed by atoms with Crippen LogP contribution in [-0.2, 0) is 4.74 Å². The lowest BCUT2D eigenvalue weighted by Crippen LogP contribution is -2.38. The van der Waals surface area contributed by atoms with Gasteiger partial charge in [0, 0.05) is 0 Å². The normalized spacial score (nSPS) is 14.5. The number of rotatable bonds is 4. The Balaban J connectivity index is 1.96. The molecule has 9 heteroatoms. The van der Waals surface area contributed by atoms with E-state index in [1.807, 2.05) is 6.07 Å². The molecule has 4 rings (SSSR count). The Hall–Kier alpha value is -3.44. The molecule has 2 aromatic carbocycles. The van der Waals surface area contributed by atoms with E-state index in [-0.39, 0.29) is 27.7 Å². The predicted octanol–water partition coefficient (Wildman–Crippen LogP) is 5.03. The molecule has 1 atom stereocenters. The van der Waals surface area contributed by atoms with Gasteiger partial charge in [-0.3, -0.25) is 9.36 Å². The van der Waals surface area contributed by atoms with Crippen LogP contribution in [0.15, 0.2) is 41.2 Å². The Kier molecular flexibility index (Phi) is 5.85. The van der Waals surface area contributed by atoms with Gasteiger partial charge in [0.25, 0.3) is 5.56 Å². The van der Waals surface area contributed by atoms with Crippen LogP contribution in [0, 0.1) is 23.1 Å². The highest BCUT2D eigenvalue weighted by Crippen LogP contribution is 2.41. The van der Waals surface area contributed by atoms with Gasteiger partial charge in [-0.25, -0.2) is 14.2 Å². The lowest BCUT2D eigenvalue weighted by molar-refractivity contribution is 0.0493. The van der Waals surface area contributed by atoms with Crippen molar-refractivity contribution in [2.75, 3.05) is 0 Å². The number of hydrogen-bond acceptors (Lipinski definition) is 5. The van der Waals surface area contributed by atoms with Gasteiger partial charge in [0.1, 0.15) is 17.2 Å². The molecule has 0 bridgehead atoms. The molecule has 1 saturated carbocycles. The first kappa shape index (κ1) is 22.7. The molecule has 1 N–H and O–H groups in total. The van der Waals surface area contributed by atoms with Crippen molar-refractivity contribution in [3.8, 4) is 11.8 Å². The molecule has 170 valence electrons. The van der Waals surface area contributed by atoms with Gasteiger partial charge in [-0.05, 0) is 69.9 Å². The molecule has 0 aliphatic heterocycles. The van der Waals surface area contributed by atoms with Crippen molar-refractivity contribution in [3.05, 3.63) is 69.0 Å². The van der Waals surface area contributed by atoms with E-state index in [9.17, 15) is 19.2 Å². The van der Waals surface area contributed by atoms with Crippen LogP contribution in [0.1, 0.15) is 51.0 Å². The molecule has 1 heterocycles. The number of carbonyl (C=O) groups is 1. The van der Waals surface area contributed by atoms with Crippen molar-refractivity contribution in [2.45, 2.75) is 45.3 Å². The first-order chi connectivity index (χ1) is 15.6. The summed E-state index contributed by atoms with van der Waals surface area (Å²) in [4.78, 5) is 30.8. The monoisotopic (exact) mass is 468 g/mol. The maximum absolute atomic E-state index is 14.1. The molecule has 1 amide bonds. The number of nitriles is 1. The molecule has 7 nitrogen and oxygen atoms in total. The third kappa shape index (κ3) is 4.83. The van der Waals surface area contributed by atoms with Gasteiger partial charge in [0.2, 0.25) is 0 Å². The van der Waals surface area contributed by atoms with Crippen LogP contribution in [0.4, 0.5) is 9.18 Å². The van der Waals surface area contributed by atoms with Crippen molar-refractivity contribution < 1.29 is 13.9 Å². The topological polar surface area (TPSA) is 97.0 Å². The van der Waals surface area contributed by atoms with Crippen molar-refractivity contribution in [3.63, 3.8) is 0 Å². The maximum Gasteiger partial charge on any atom is 0.408 e. The number of halogens is 2. The Morgan fingerprint density at radius 2 is 2.06 bits per heavy atom. The van der Waals surface area contributed by atoms with Crippen molar-refractivity contribution >= 4 is 28.6 Å². The highest BCUT2D eigenvalue weighted by atomic mass is 35.5. The zero-order valence-corrected chi connectivity index (χ0v) is 19.1. The van der Waals surface area contributed by atoms with Gasteiger partial charge in [-0.15, -0.1) is 0 Å². The van der Waals surface area contributed by atoms with Gasteiger partial charge in [-0.2, -0.15) is 5.26 Å². The van der Waals surface area contributed by atoms with E-state index in [4.69, 9.17) is 16.3 Å². The Morgan fingerprint density at radius 1 is 1.33 bits per heavy atom. The van der Waals surface area contributed by atoms with E-state index in [1.165, 1.54) is 10.6 Å². The summed E-state index contributed by atoms with van der Waals surface area (Å²) in [6, 6.07) is 10.0. The number of carbonyl (C=O) groups excluding carboxylic acids is 1. The maximum atomic E-state index is 14.1. The fraction of sp³-hybridized carbons (Fsp3) is 0.333. The predicted molar refractivity (Wildman–Crippen MR) is 122 cm³/mol. The minimum atomic E-state index is -0.712. The fourth-order valence-electron chi connectivity index (χ4n) is 3.66. The van der Waals surface area contributed by atoms with Crippen LogP contribution in [0.25, 0.3) is 16.6 Å². The Bertz CT molecular complexity index is 1350. The third-order valence-electron chi connectivity index (χ3n) is 5.19. The molecule has 0 unspecified atom stereocenters. The summed E-state index contributed by atoms with van der Waals surface area (Å²) in [5, 5.41) is 12.2. The Labute approximate surface area is 194 Å². The quantitative estimate of drug-likeness (QED) is 0.579. The van der Waals surface area contributed by atoms with E-state index >= 15 is 0 Å². The number of fused-ring (bicyclic) bond motifs is 1. The fourth-order valence-corrected chi connectivity index (χ4v) is 3.91. The number of ether oxygens (including phenoxy) is 1. The molecule has 3 aromatic rings. The molecule has 0 spiro atoms. The molecular formula is C24H22ClFN4O3. The zero-order valence-electron chi connectivity index (χ0n) is 18.4. The van der Waals surface area contributed by atoms with Gasteiger partial charge < -0.3 is 10.1 Å². The van der Waals surface area contributed by atoms with Crippen molar-refractivity contribution in [2.24, 2.45) is 5.92 Å². The molecule has 1 aromatic heterocycles. The van der Waals surface area contributed by atoms with E-state index in [0.717, 1.165) is 25.0 Å². The van der Waals surface area contributed by atoms with Crippen LogP contribution in [0.5, 0.6) is 0 Å². The molecule has 1 aliphatic carbocycles. The smallest absolute Gasteiger partial charge is 0.408 e. The van der Waals surface area contributed by atoms with Crippen molar-refractivity contribution in [1.82, 2.24) is 14.9 Å². The SMILES string of the molecule is CC(C)(C)OC(=O)N[C@H](c1nc2c(Cl)cc(F)cc2c(=O)n1-c1cccc(C#N)c1)C1CC1. The van der Waals surface area contributed by atoms with E-state index in [1.54, 1.807) is 39.0 Å². The van der Waals surface area contributed by atoms with Gasteiger partial charge in [-0.1, -0.05) is 17.7 Å². The minimum Gasteiger partial charge on any atom is -0.444 e. The van der Waals surface area contributed by atoms with Crippen LogP contribution < -0.4 is 10.9 Å². The summed E-state index contributed by atoms with van der Waals surface area (Å²) in [7, 11) is 0. The second kappa shape index (κ2) is 8.49. The van der Waals surface area contributed by atoms with Gasteiger partial charge in [0.05, 0.1) is 39.3 Å². The van der Waals surface area contributed by atoms with E-state index in [2.05, 4.69) is 10.3 Å². The summed E-state index contributed by atoms with van der Waals surface area (Å²) in [6.45, 7) is 5.26. The Morgan fingerprint density at radius 3 is 2.70 bits per heavy atom. The van der Waals surface area contributed by atoms with Crippen LogP contribution in [0.3, 0.4) is 0 Å². The first-order valence-corrected chi connectivity index (χ1v) is 10.9. The molecular weight excluding hydrogens is 447 g/mol. The second-order valence-electron chi connectivity index (χ2n) is 9.02. The number of nitrogens with zero attached hydrogens (tertiary/aromatic N) is 3. The van der Waals surface area contributed by atoms with E-state index < -0.39 is 29.1 Å². The number of aromatic nitrogens is 2. The number of benzene rings is 2. The lowest BCUT2D eigenvalue weighted by Gasteiger charge is -2.25. The molecule has 33 heavy (non-hydrogen) atoms. The third-order valence-corrected chi connectivity index (χ3v) is 5.48. The molecule has 1 fully saturated rings. The van der Waals surface area contributed by atoms with Gasteiger partial charge in [0.15, 0.2) is 0 Å². The number of amides is 1. The average Bonchev–Trinajstić information content (AvgIpc) is 3.56.